The van der Waals surface area contributed by atoms with Crippen molar-refractivity contribution in [3.05, 3.63) is 78.4 Å². The highest BCUT2D eigenvalue weighted by Crippen LogP contribution is 2.24. The van der Waals surface area contributed by atoms with Crippen LogP contribution < -0.4 is 15.2 Å². The molecule has 0 aliphatic heterocycles. The predicted octanol–water partition coefficient (Wildman–Crippen LogP) is 3.55. The van der Waals surface area contributed by atoms with Gasteiger partial charge in [-0.1, -0.05) is 18.2 Å². The number of ether oxygens (including phenoxy) is 2. The van der Waals surface area contributed by atoms with Crippen LogP contribution in [0.3, 0.4) is 0 Å². The standard InChI is InChI=1S/C22H20N4O6S/c1-31-19-12-7-15(13-20(19)33(23,29)30)22(28)32-14-21(27)24-16-8-10-18(11-9-16)26-25-17-5-3-2-4-6-17/h2-13H,14H2,1H3,(H,24,27)(H2,23,29,30). The molecule has 0 saturated carbocycles. The maximum Gasteiger partial charge on any atom is 0.338 e. The van der Waals surface area contributed by atoms with Crippen LogP contribution in [0.1, 0.15) is 10.4 Å². The van der Waals surface area contributed by atoms with Gasteiger partial charge in [0.1, 0.15) is 10.6 Å². The van der Waals surface area contributed by atoms with Crippen LogP contribution in [0, 0.1) is 0 Å². The fourth-order valence-corrected chi connectivity index (χ4v) is 3.38. The SMILES string of the molecule is COc1ccc(C(=O)OCC(=O)Nc2ccc(N=Nc3ccccc3)cc2)cc1S(N)(=O)=O. The van der Waals surface area contributed by atoms with Gasteiger partial charge in [0.25, 0.3) is 5.91 Å². The number of nitrogens with one attached hydrogen (secondary N) is 1. The van der Waals surface area contributed by atoms with Gasteiger partial charge < -0.3 is 14.8 Å². The van der Waals surface area contributed by atoms with Gasteiger partial charge in [0.15, 0.2) is 6.61 Å². The van der Waals surface area contributed by atoms with Crippen molar-refractivity contribution in [1.82, 2.24) is 0 Å². The first-order valence-electron chi connectivity index (χ1n) is 9.51. The van der Waals surface area contributed by atoms with E-state index in [1.807, 2.05) is 30.3 Å². The number of benzene rings is 3. The molecule has 3 rings (SSSR count). The molecule has 0 aromatic heterocycles. The molecule has 0 heterocycles. The number of azo groups is 1. The molecule has 0 aliphatic carbocycles. The second-order valence-electron chi connectivity index (χ2n) is 6.62. The fourth-order valence-electron chi connectivity index (χ4n) is 2.66. The highest BCUT2D eigenvalue weighted by molar-refractivity contribution is 7.89. The van der Waals surface area contributed by atoms with Crippen molar-refractivity contribution in [3.8, 4) is 5.75 Å². The van der Waals surface area contributed by atoms with Crippen molar-refractivity contribution in [1.29, 1.82) is 0 Å². The summed E-state index contributed by atoms with van der Waals surface area (Å²) in [4.78, 5) is 23.9. The van der Waals surface area contributed by atoms with Crippen LogP contribution in [0.4, 0.5) is 17.1 Å². The van der Waals surface area contributed by atoms with E-state index >= 15 is 0 Å². The minimum absolute atomic E-state index is 0.0152. The number of amides is 1. The number of nitrogens with zero attached hydrogens (tertiary/aromatic N) is 2. The van der Waals surface area contributed by atoms with Crippen LogP contribution in [0.5, 0.6) is 5.75 Å². The van der Waals surface area contributed by atoms with Crippen LogP contribution in [-0.2, 0) is 19.6 Å². The van der Waals surface area contributed by atoms with E-state index in [2.05, 4.69) is 15.5 Å². The molecule has 0 unspecified atom stereocenters. The molecule has 0 fully saturated rings. The van der Waals surface area contributed by atoms with Gasteiger partial charge in [0.05, 0.1) is 24.0 Å². The molecule has 3 aromatic rings. The van der Waals surface area contributed by atoms with E-state index in [0.717, 1.165) is 6.07 Å². The lowest BCUT2D eigenvalue weighted by Crippen LogP contribution is -2.21. The van der Waals surface area contributed by atoms with Crippen LogP contribution in [-0.4, -0.2) is 34.0 Å². The number of rotatable bonds is 8. The van der Waals surface area contributed by atoms with E-state index in [1.165, 1.54) is 19.2 Å². The first-order chi connectivity index (χ1) is 15.8. The van der Waals surface area contributed by atoms with E-state index in [1.54, 1.807) is 24.3 Å². The summed E-state index contributed by atoms with van der Waals surface area (Å²) in [7, 11) is -2.85. The van der Waals surface area contributed by atoms with Crippen LogP contribution in [0.25, 0.3) is 0 Å². The van der Waals surface area contributed by atoms with Gasteiger partial charge in [0.2, 0.25) is 10.0 Å². The lowest BCUT2D eigenvalue weighted by Gasteiger charge is -2.10. The fraction of sp³-hybridized carbons (Fsp3) is 0.0909. The summed E-state index contributed by atoms with van der Waals surface area (Å²) in [5.74, 6) is -1.49. The third-order valence-corrected chi connectivity index (χ3v) is 5.16. The number of hydrogen-bond acceptors (Lipinski definition) is 8. The summed E-state index contributed by atoms with van der Waals surface area (Å²) in [6, 6.07) is 19.4. The summed E-state index contributed by atoms with van der Waals surface area (Å²) in [6.07, 6.45) is 0. The molecule has 33 heavy (non-hydrogen) atoms. The van der Waals surface area contributed by atoms with Gasteiger partial charge >= 0.3 is 5.97 Å². The third kappa shape index (κ3) is 6.69. The summed E-state index contributed by atoms with van der Waals surface area (Å²) in [5, 5.41) is 15.9. The normalized spacial score (nSPS) is 11.2. The van der Waals surface area contributed by atoms with Crippen LogP contribution in [0.2, 0.25) is 0 Å². The average molecular weight is 468 g/mol. The molecule has 3 N–H and O–H groups in total. The molecule has 1 amide bonds. The summed E-state index contributed by atoms with van der Waals surface area (Å²) in [6.45, 7) is -0.578. The van der Waals surface area contributed by atoms with E-state index in [4.69, 9.17) is 14.6 Å². The van der Waals surface area contributed by atoms with Gasteiger partial charge in [-0.2, -0.15) is 10.2 Å². The van der Waals surface area contributed by atoms with Crippen molar-refractivity contribution >= 4 is 39.0 Å². The topological polar surface area (TPSA) is 150 Å². The third-order valence-electron chi connectivity index (χ3n) is 4.23. The molecular weight excluding hydrogens is 448 g/mol. The highest BCUT2D eigenvalue weighted by Gasteiger charge is 2.19. The minimum Gasteiger partial charge on any atom is -0.495 e. The Hall–Kier alpha value is -4.09. The van der Waals surface area contributed by atoms with Gasteiger partial charge in [-0.05, 0) is 54.6 Å². The number of methoxy groups -OCH3 is 1. The molecule has 10 nitrogen and oxygen atoms in total. The Bertz CT molecular complexity index is 1280. The number of anilines is 1. The molecule has 11 heteroatoms. The van der Waals surface area contributed by atoms with Crippen molar-refractivity contribution in [2.24, 2.45) is 15.4 Å². The van der Waals surface area contributed by atoms with E-state index in [9.17, 15) is 18.0 Å². The Morgan fingerprint density at radius 1 is 0.939 bits per heavy atom. The zero-order chi connectivity index (χ0) is 23.8. The molecule has 0 radical (unpaired) electrons. The number of nitrogens with two attached hydrogens (primary N) is 1. The Morgan fingerprint density at radius 3 is 2.18 bits per heavy atom. The van der Waals surface area contributed by atoms with Crippen molar-refractivity contribution in [3.63, 3.8) is 0 Å². The first-order valence-corrected chi connectivity index (χ1v) is 11.1. The van der Waals surface area contributed by atoms with Crippen LogP contribution in [0.15, 0.2) is 87.9 Å². The predicted molar refractivity (Wildman–Crippen MR) is 120 cm³/mol. The maximum absolute atomic E-state index is 12.2. The second-order valence-corrected chi connectivity index (χ2v) is 8.15. The van der Waals surface area contributed by atoms with Gasteiger partial charge in [-0.25, -0.2) is 18.4 Å². The molecule has 0 bridgehead atoms. The lowest BCUT2D eigenvalue weighted by molar-refractivity contribution is -0.119. The Morgan fingerprint density at radius 2 is 1.58 bits per heavy atom. The number of sulfonamides is 1. The molecule has 0 atom stereocenters. The molecular formula is C22H20N4O6S. The maximum atomic E-state index is 12.2. The molecule has 0 saturated heterocycles. The minimum atomic E-state index is -4.12. The average Bonchev–Trinajstić information content (AvgIpc) is 2.81. The quantitative estimate of drug-likeness (QED) is 0.381. The zero-order valence-electron chi connectivity index (χ0n) is 17.5. The van der Waals surface area contributed by atoms with Crippen molar-refractivity contribution in [2.45, 2.75) is 4.90 Å². The first kappa shape index (κ1) is 23.6. The molecule has 3 aromatic carbocycles. The number of carbonyl (C=O) groups is 2. The lowest BCUT2D eigenvalue weighted by atomic mass is 10.2. The Labute approximate surface area is 190 Å². The number of primary sulfonamides is 1. The summed E-state index contributed by atoms with van der Waals surface area (Å²) >= 11 is 0. The molecule has 170 valence electrons. The monoisotopic (exact) mass is 468 g/mol. The van der Waals surface area contributed by atoms with Gasteiger partial charge in [0, 0.05) is 5.69 Å². The number of esters is 1. The van der Waals surface area contributed by atoms with Crippen molar-refractivity contribution < 1.29 is 27.5 Å². The second kappa shape index (κ2) is 10.5. The number of carbonyl (C=O) groups excluding carboxylic acids is 2. The van der Waals surface area contributed by atoms with E-state index in [0.29, 0.717) is 17.1 Å². The van der Waals surface area contributed by atoms with E-state index in [-0.39, 0.29) is 16.2 Å². The summed E-state index contributed by atoms with van der Waals surface area (Å²) in [5.41, 5.74) is 1.68. The Kier molecular flexibility index (Phi) is 7.49. The largest absolute Gasteiger partial charge is 0.495 e. The smallest absolute Gasteiger partial charge is 0.338 e. The van der Waals surface area contributed by atoms with Crippen LogP contribution >= 0.6 is 0 Å². The van der Waals surface area contributed by atoms with Gasteiger partial charge in [-0.15, -0.1) is 0 Å². The Balaban J connectivity index is 1.56. The highest BCUT2D eigenvalue weighted by atomic mass is 32.2. The zero-order valence-corrected chi connectivity index (χ0v) is 18.3. The molecule has 0 spiro atoms. The van der Waals surface area contributed by atoms with Crippen molar-refractivity contribution in [2.75, 3.05) is 19.0 Å². The molecule has 0 aliphatic rings. The number of hydrogen-bond donors (Lipinski definition) is 2. The summed E-state index contributed by atoms with van der Waals surface area (Å²) < 4.78 is 33.2. The van der Waals surface area contributed by atoms with Gasteiger partial charge in [-0.3, -0.25) is 4.79 Å². The van der Waals surface area contributed by atoms with E-state index < -0.39 is 28.5 Å².